The Kier molecular flexibility index (Phi) is 4.14. The van der Waals surface area contributed by atoms with E-state index in [0.29, 0.717) is 5.56 Å². The first-order chi connectivity index (χ1) is 9.16. The number of carbonyl (C=O) groups is 1. The van der Waals surface area contributed by atoms with Crippen LogP contribution in [-0.2, 0) is 0 Å². The number of para-hydroxylation sites is 1. The number of rotatable bonds is 4. The Morgan fingerprint density at radius 2 is 1.63 bits per heavy atom. The van der Waals surface area contributed by atoms with Gasteiger partial charge >= 0.3 is 0 Å². The van der Waals surface area contributed by atoms with Crippen LogP contribution in [0.4, 0.5) is 5.69 Å². The number of hydrogen-bond donors (Lipinski definition) is 1. The molecule has 19 heavy (non-hydrogen) atoms. The molecule has 2 heteroatoms. The Labute approximate surface area is 113 Å². The monoisotopic (exact) mass is 251 g/mol. The number of anilines is 1. The van der Waals surface area contributed by atoms with Gasteiger partial charge in [0.15, 0.2) is 5.78 Å². The number of benzene rings is 2. The largest absolute Gasteiger partial charge is 0.359 e. The van der Waals surface area contributed by atoms with Gasteiger partial charge < -0.3 is 5.32 Å². The Morgan fingerprint density at radius 1 is 1.00 bits per heavy atom. The molecular weight excluding hydrogens is 234 g/mol. The van der Waals surface area contributed by atoms with Crippen molar-refractivity contribution in [2.45, 2.75) is 13.8 Å². The average molecular weight is 251 g/mol. The molecule has 0 bridgehead atoms. The van der Waals surface area contributed by atoms with Crippen molar-refractivity contribution in [3.05, 3.63) is 77.5 Å². The summed E-state index contributed by atoms with van der Waals surface area (Å²) >= 11 is 0. The molecule has 0 aliphatic rings. The zero-order chi connectivity index (χ0) is 13.7. The number of allylic oxidation sites excluding steroid dienone is 2. The van der Waals surface area contributed by atoms with Crippen molar-refractivity contribution in [3.63, 3.8) is 0 Å². The third kappa shape index (κ3) is 3.55. The number of hydrogen-bond acceptors (Lipinski definition) is 2. The van der Waals surface area contributed by atoms with Crippen molar-refractivity contribution in [1.29, 1.82) is 0 Å². The minimum absolute atomic E-state index is 0.0131. The van der Waals surface area contributed by atoms with Crippen LogP contribution in [0.25, 0.3) is 0 Å². The summed E-state index contributed by atoms with van der Waals surface area (Å²) in [4.78, 5) is 12.0. The zero-order valence-electron chi connectivity index (χ0n) is 11.2. The fraction of sp³-hybridized carbons (Fsp3) is 0.118. The lowest BCUT2D eigenvalue weighted by atomic mass is 10.1. The molecule has 0 radical (unpaired) electrons. The van der Waals surface area contributed by atoms with Gasteiger partial charge in [0.05, 0.1) is 0 Å². The van der Waals surface area contributed by atoms with E-state index in [0.717, 1.165) is 16.9 Å². The third-order valence-corrected chi connectivity index (χ3v) is 2.88. The lowest BCUT2D eigenvalue weighted by Gasteiger charge is -2.09. The first kappa shape index (κ1) is 13.1. The lowest BCUT2D eigenvalue weighted by molar-refractivity contribution is 0.104. The van der Waals surface area contributed by atoms with Crippen molar-refractivity contribution in [2.75, 3.05) is 5.32 Å². The molecule has 1 N–H and O–H groups in total. The van der Waals surface area contributed by atoms with Crippen LogP contribution in [0.2, 0.25) is 0 Å². The molecule has 0 saturated heterocycles. The molecule has 0 aliphatic heterocycles. The van der Waals surface area contributed by atoms with Gasteiger partial charge in [0.1, 0.15) is 0 Å². The summed E-state index contributed by atoms with van der Waals surface area (Å²) in [5.41, 5.74) is 3.72. The van der Waals surface area contributed by atoms with E-state index in [9.17, 15) is 4.79 Å². The highest BCUT2D eigenvalue weighted by Crippen LogP contribution is 2.15. The van der Waals surface area contributed by atoms with E-state index < -0.39 is 0 Å². The summed E-state index contributed by atoms with van der Waals surface area (Å²) in [5.74, 6) is 0.0131. The van der Waals surface area contributed by atoms with Gasteiger partial charge in [-0.15, -0.1) is 0 Å². The van der Waals surface area contributed by atoms with E-state index in [1.807, 2.05) is 68.4 Å². The van der Waals surface area contributed by atoms with Gasteiger partial charge in [-0.25, -0.2) is 0 Å². The predicted octanol–water partition coefficient (Wildman–Crippen LogP) is 4.19. The Bertz CT molecular complexity index is 600. The van der Waals surface area contributed by atoms with Crippen molar-refractivity contribution < 1.29 is 4.79 Å². The second kappa shape index (κ2) is 6.01. The van der Waals surface area contributed by atoms with E-state index in [4.69, 9.17) is 0 Å². The Morgan fingerprint density at radius 3 is 2.32 bits per heavy atom. The fourth-order valence-corrected chi connectivity index (χ4v) is 1.84. The first-order valence-corrected chi connectivity index (χ1v) is 6.27. The third-order valence-electron chi connectivity index (χ3n) is 2.88. The fourth-order valence-electron chi connectivity index (χ4n) is 1.84. The van der Waals surface area contributed by atoms with Crippen LogP contribution in [0.5, 0.6) is 0 Å². The molecule has 0 saturated carbocycles. The summed E-state index contributed by atoms with van der Waals surface area (Å²) in [6.07, 6.45) is 1.63. The smallest absolute Gasteiger partial charge is 0.187 e. The molecule has 2 aromatic rings. The molecule has 0 atom stereocenters. The van der Waals surface area contributed by atoms with E-state index >= 15 is 0 Å². The maximum atomic E-state index is 12.0. The summed E-state index contributed by atoms with van der Waals surface area (Å²) in [6.45, 7) is 3.93. The van der Waals surface area contributed by atoms with Crippen LogP contribution in [0.1, 0.15) is 22.8 Å². The van der Waals surface area contributed by atoms with Crippen LogP contribution < -0.4 is 5.32 Å². The predicted molar refractivity (Wildman–Crippen MR) is 79.3 cm³/mol. The van der Waals surface area contributed by atoms with E-state index in [-0.39, 0.29) is 5.78 Å². The van der Waals surface area contributed by atoms with Gasteiger partial charge in [-0.1, -0.05) is 48.5 Å². The van der Waals surface area contributed by atoms with Gasteiger partial charge in [-0.2, -0.15) is 0 Å². The summed E-state index contributed by atoms with van der Waals surface area (Å²) in [6, 6.07) is 17.3. The Hall–Kier alpha value is -2.35. The maximum absolute atomic E-state index is 12.0. The summed E-state index contributed by atoms with van der Waals surface area (Å²) < 4.78 is 0. The minimum Gasteiger partial charge on any atom is -0.359 e. The maximum Gasteiger partial charge on any atom is 0.187 e. The molecule has 0 heterocycles. The van der Waals surface area contributed by atoms with Gasteiger partial charge in [0.2, 0.25) is 0 Å². The molecule has 0 spiro atoms. The molecule has 96 valence electrons. The molecule has 0 aromatic heterocycles. The lowest BCUT2D eigenvalue weighted by Crippen LogP contribution is -2.02. The second-order valence-corrected chi connectivity index (χ2v) is 4.50. The normalized spacial score (nSPS) is 11.2. The standard InChI is InChI=1S/C17H17NO/c1-13-8-6-7-11-16(13)18-14(2)12-17(19)15-9-4-3-5-10-15/h3-12,18H,1-2H3/b14-12+. The molecule has 2 aromatic carbocycles. The molecule has 2 nitrogen and oxygen atoms in total. The SMILES string of the molecule is C/C(=C\C(=O)c1ccccc1)Nc1ccccc1C. The van der Waals surface area contributed by atoms with Gasteiger partial charge in [-0.3, -0.25) is 4.79 Å². The molecule has 2 rings (SSSR count). The van der Waals surface area contributed by atoms with Crippen molar-refractivity contribution in [1.82, 2.24) is 0 Å². The van der Waals surface area contributed by atoms with Gasteiger partial charge in [0, 0.05) is 23.0 Å². The molecule has 0 aliphatic carbocycles. The second-order valence-electron chi connectivity index (χ2n) is 4.50. The highest BCUT2D eigenvalue weighted by Gasteiger charge is 2.03. The van der Waals surface area contributed by atoms with Crippen LogP contribution in [-0.4, -0.2) is 5.78 Å². The van der Waals surface area contributed by atoms with Crippen molar-refractivity contribution >= 4 is 11.5 Å². The molecular formula is C17H17NO. The van der Waals surface area contributed by atoms with Crippen LogP contribution >= 0.6 is 0 Å². The molecule has 0 fully saturated rings. The number of aryl methyl sites for hydroxylation is 1. The van der Waals surface area contributed by atoms with E-state index in [1.165, 1.54) is 0 Å². The Balaban J connectivity index is 2.12. The van der Waals surface area contributed by atoms with Crippen LogP contribution in [0.15, 0.2) is 66.4 Å². The minimum atomic E-state index is 0.0131. The average Bonchev–Trinajstić information content (AvgIpc) is 2.42. The van der Waals surface area contributed by atoms with Gasteiger partial charge in [-0.05, 0) is 25.5 Å². The van der Waals surface area contributed by atoms with Gasteiger partial charge in [0.25, 0.3) is 0 Å². The van der Waals surface area contributed by atoms with Crippen molar-refractivity contribution in [2.24, 2.45) is 0 Å². The summed E-state index contributed by atoms with van der Waals surface area (Å²) in [7, 11) is 0. The quantitative estimate of drug-likeness (QED) is 0.652. The number of ketones is 1. The molecule has 0 unspecified atom stereocenters. The van der Waals surface area contributed by atoms with E-state index in [1.54, 1.807) is 6.08 Å². The topological polar surface area (TPSA) is 29.1 Å². The molecule has 0 amide bonds. The van der Waals surface area contributed by atoms with E-state index in [2.05, 4.69) is 5.32 Å². The highest BCUT2D eigenvalue weighted by molar-refractivity contribution is 6.05. The number of carbonyl (C=O) groups excluding carboxylic acids is 1. The van der Waals surface area contributed by atoms with Crippen LogP contribution in [0.3, 0.4) is 0 Å². The highest BCUT2D eigenvalue weighted by atomic mass is 16.1. The number of nitrogens with one attached hydrogen (secondary N) is 1. The summed E-state index contributed by atoms with van der Waals surface area (Å²) in [5, 5.41) is 3.25. The first-order valence-electron chi connectivity index (χ1n) is 6.27. The zero-order valence-corrected chi connectivity index (χ0v) is 11.2. The van der Waals surface area contributed by atoms with Crippen molar-refractivity contribution in [3.8, 4) is 0 Å². The van der Waals surface area contributed by atoms with Crippen LogP contribution in [0, 0.1) is 6.92 Å².